The molecule has 0 aromatic carbocycles. The van der Waals surface area contributed by atoms with Gasteiger partial charge in [-0.2, -0.15) is 27.0 Å². The highest BCUT2D eigenvalue weighted by atomic mass is 32.1. The number of hydrogen-bond donors (Lipinski definition) is 2. The molecule has 2 nitrogen and oxygen atoms in total. The van der Waals surface area contributed by atoms with E-state index in [2.05, 4.69) is 12.2 Å². The molecule has 0 radical (unpaired) electrons. The summed E-state index contributed by atoms with van der Waals surface area (Å²) in [5, 5.41) is 13.0. The van der Waals surface area contributed by atoms with Gasteiger partial charge in [0, 0.05) is 6.04 Å². The number of aliphatic hydroxyl groups excluding tert-OH is 1. The average Bonchev–Trinajstić information content (AvgIpc) is 2.43. The highest BCUT2D eigenvalue weighted by Crippen LogP contribution is 2.15. The van der Waals surface area contributed by atoms with Crippen LogP contribution in [-0.2, 0) is 0 Å². The maximum Gasteiger partial charge on any atom is 0.0693 e. The second kappa shape index (κ2) is 15.0. The second-order valence-corrected chi connectivity index (χ2v) is 5.53. The molecule has 19 heavy (non-hydrogen) atoms. The van der Waals surface area contributed by atoms with Gasteiger partial charge < -0.3 is 10.4 Å². The van der Waals surface area contributed by atoms with Gasteiger partial charge in [-0.1, -0.05) is 58.3 Å². The monoisotopic (exact) mass is 309 g/mol. The van der Waals surface area contributed by atoms with E-state index in [1.54, 1.807) is 0 Å². The lowest BCUT2D eigenvalue weighted by Crippen LogP contribution is -2.42. The van der Waals surface area contributed by atoms with E-state index in [0.29, 0.717) is 6.04 Å². The molecule has 0 amide bonds. The number of aliphatic hydroxyl groups is 1. The molecule has 0 aromatic rings. The zero-order valence-corrected chi connectivity index (χ0v) is 14.6. The molecule has 0 unspecified atom stereocenters. The first-order valence-electron chi connectivity index (χ1n) is 7.76. The molecule has 2 N–H and O–H groups in total. The van der Waals surface area contributed by atoms with Gasteiger partial charge in [0.1, 0.15) is 0 Å². The molecule has 0 aromatic heterocycles. The van der Waals surface area contributed by atoms with Crippen molar-refractivity contribution in [2.24, 2.45) is 0 Å². The first-order chi connectivity index (χ1) is 8.34. The van der Waals surface area contributed by atoms with Crippen LogP contribution in [0.4, 0.5) is 0 Å². The minimum absolute atomic E-state index is 0. The Bertz CT molecular complexity index is 160. The van der Waals surface area contributed by atoms with E-state index in [4.69, 9.17) is 0 Å². The summed E-state index contributed by atoms with van der Waals surface area (Å²) in [5.74, 6) is 0. The maximum atomic E-state index is 9.61. The Balaban J connectivity index is 0. The lowest BCUT2D eigenvalue weighted by molar-refractivity contribution is 0.104. The summed E-state index contributed by atoms with van der Waals surface area (Å²) in [4.78, 5) is 0. The van der Waals surface area contributed by atoms with E-state index in [0.717, 1.165) is 25.8 Å². The van der Waals surface area contributed by atoms with Crippen molar-refractivity contribution in [2.45, 2.75) is 89.7 Å². The molecule has 118 valence electrons. The summed E-state index contributed by atoms with van der Waals surface area (Å²) in [5.41, 5.74) is 0. The standard InChI is InChI=1S/C9H19NO.C6H12.2H2S/c1-2-5-9(11)8-6-3-4-7-10-8;1-2-4-6-5-3-1;;/h8-11H,2-7H2,1H3;1-6H2;2*1H2/t8-,9+;;;/m0.../s1. The van der Waals surface area contributed by atoms with Crippen molar-refractivity contribution in [1.82, 2.24) is 5.32 Å². The van der Waals surface area contributed by atoms with E-state index < -0.39 is 0 Å². The van der Waals surface area contributed by atoms with Crippen LogP contribution < -0.4 is 5.32 Å². The van der Waals surface area contributed by atoms with Gasteiger partial charge in [0.2, 0.25) is 0 Å². The lowest BCUT2D eigenvalue weighted by Gasteiger charge is -2.27. The molecule has 1 heterocycles. The molecule has 2 atom stereocenters. The van der Waals surface area contributed by atoms with Crippen molar-refractivity contribution in [2.75, 3.05) is 6.54 Å². The number of rotatable bonds is 3. The van der Waals surface area contributed by atoms with Gasteiger partial charge in [-0.25, -0.2) is 0 Å². The lowest BCUT2D eigenvalue weighted by atomic mass is 9.97. The predicted molar refractivity (Wildman–Crippen MR) is 95.0 cm³/mol. The largest absolute Gasteiger partial charge is 0.392 e. The van der Waals surface area contributed by atoms with E-state index in [1.165, 1.54) is 51.4 Å². The van der Waals surface area contributed by atoms with Crippen LogP contribution in [-0.4, -0.2) is 23.8 Å². The van der Waals surface area contributed by atoms with Crippen LogP contribution >= 0.6 is 27.0 Å². The Kier molecular flexibility index (Phi) is 17.3. The number of hydrogen-bond acceptors (Lipinski definition) is 2. The smallest absolute Gasteiger partial charge is 0.0693 e. The average molecular weight is 310 g/mol. The molecule has 4 heteroatoms. The fourth-order valence-electron chi connectivity index (χ4n) is 2.76. The molecular weight excluding hydrogens is 274 g/mol. The van der Waals surface area contributed by atoms with Gasteiger partial charge in [-0.15, -0.1) is 0 Å². The first-order valence-corrected chi connectivity index (χ1v) is 7.76. The van der Waals surface area contributed by atoms with Crippen LogP contribution in [0.5, 0.6) is 0 Å². The Morgan fingerprint density at radius 2 is 1.47 bits per heavy atom. The van der Waals surface area contributed by atoms with Crippen LogP contribution in [0.1, 0.15) is 77.6 Å². The highest BCUT2D eigenvalue weighted by Gasteiger charge is 2.19. The van der Waals surface area contributed by atoms with Crippen LogP contribution in [0, 0.1) is 0 Å². The summed E-state index contributed by atoms with van der Waals surface area (Å²) in [7, 11) is 0. The summed E-state index contributed by atoms with van der Waals surface area (Å²) < 4.78 is 0. The zero-order valence-electron chi connectivity index (χ0n) is 12.6. The molecule has 2 rings (SSSR count). The molecule has 1 saturated heterocycles. The molecule has 1 saturated carbocycles. The van der Waals surface area contributed by atoms with Gasteiger partial charge in [0.15, 0.2) is 0 Å². The molecule has 2 fully saturated rings. The molecule has 2 aliphatic rings. The first kappa shape index (κ1) is 21.9. The highest BCUT2D eigenvalue weighted by molar-refractivity contribution is 7.59. The van der Waals surface area contributed by atoms with Crippen LogP contribution in [0.2, 0.25) is 0 Å². The van der Waals surface area contributed by atoms with Gasteiger partial charge in [-0.05, 0) is 25.8 Å². The SMILES string of the molecule is C1CCCCC1.CCC[C@@H](O)[C@@H]1CCCCN1.S.S. The van der Waals surface area contributed by atoms with E-state index in [-0.39, 0.29) is 33.1 Å². The Labute approximate surface area is 134 Å². The van der Waals surface area contributed by atoms with Crippen molar-refractivity contribution in [3.05, 3.63) is 0 Å². The Hall–Kier alpha value is 0.620. The quantitative estimate of drug-likeness (QED) is 0.830. The summed E-state index contributed by atoms with van der Waals surface area (Å²) >= 11 is 0. The number of nitrogens with one attached hydrogen (secondary N) is 1. The van der Waals surface area contributed by atoms with Crippen LogP contribution in [0.15, 0.2) is 0 Å². The summed E-state index contributed by atoms with van der Waals surface area (Å²) in [6.45, 7) is 3.21. The minimum atomic E-state index is -0.111. The van der Waals surface area contributed by atoms with Crippen molar-refractivity contribution in [1.29, 1.82) is 0 Å². The molecular formula is C15H35NOS2. The topological polar surface area (TPSA) is 32.3 Å². The van der Waals surface area contributed by atoms with Crippen molar-refractivity contribution >= 4 is 27.0 Å². The van der Waals surface area contributed by atoms with Crippen LogP contribution in [0.25, 0.3) is 0 Å². The van der Waals surface area contributed by atoms with Gasteiger partial charge in [-0.3, -0.25) is 0 Å². The third kappa shape index (κ3) is 11.0. The fraction of sp³-hybridized carbons (Fsp3) is 1.00. The maximum absolute atomic E-state index is 9.61. The van der Waals surface area contributed by atoms with E-state index >= 15 is 0 Å². The molecule has 1 aliphatic carbocycles. The minimum Gasteiger partial charge on any atom is -0.392 e. The normalized spacial score (nSPS) is 24.0. The van der Waals surface area contributed by atoms with Crippen molar-refractivity contribution < 1.29 is 5.11 Å². The van der Waals surface area contributed by atoms with Crippen LogP contribution in [0.3, 0.4) is 0 Å². The molecule has 0 spiro atoms. The van der Waals surface area contributed by atoms with Crippen molar-refractivity contribution in [3.63, 3.8) is 0 Å². The second-order valence-electron chi connectivity index (χ2n) is 5.53. The molecule has 0 bridgehead atoms. The third-order valence-corrected chi connectivity index (χ3v) is 3.90. The summed E-state index contributed by atoms with van der Waals surface area (Å²) in [6, 6.07) is 0.378. The van der Waals surface area contributed by atoms with Gasteiger partial charge in [0.05, 0.1) is 6.10 Å². The van der Waals surface area contributed by atoms with E-state index in [1.807, 2.05) is 0 Å². The Morgan fingerprint density at radius 1 is 0.947 bits per heavy atom. The van der Waals surface area contributed by atoms with Gasteiger partial charge in [0.25, 0.3) is 0 Å². The van der Waals surface area contributed by atoms with Gasteiger partial charge >= 0.3 is 0 Å². The molecule has 1 aliphatic heterocycles. The third-order valence-electron chi connectivity index (χ3n) is 3.90. The zero-order chi connectivity index (χ0) is 12.3. The Morgan fingerprint density at radius 3 is 1.84 bits per heavy atom. The summed E-state index contributed by atoms with van der Waals surface area (Å²) in [6.07, 6.45) is 14.6. The predicted octanol–water partition coefficient (Wildman–Crippen LogP) is 3.86. The fourth-order valence-corrected chi connectivity index (χ4v) is 2.76. The number of piperidine rings is 1. The van der Waals surface area contributed by atoms with Crippen molar-refractivity contribution in [3.8, 4) is 0 Å². The van der Waals surface area contributed by atoms with E-state index in [9.17, 15) is 5.11 Å².